The molecule has 104 valence electrons. The van der Waals surface area contributed by atoms with E-state index in [9.17, 15) is 4.79 Å². The summed E-state index contributed by atoms with van der Waals surface area (Å²) < 4.78 is 4.72. The van der Waals surface area contributed by atoms with E-state index in [1.165, 1.54) is 20.0 Å². The molecule has 1 fully saturated rings. The number of rotatable bonds is 5. The van der Waals surface area contributed by atoms with Gasteiger partial charge in [0.15, 0.2) is 0 Å². The first kappa shape index (κ1) is 13.8. The fourth-order valence-corrected chi connectivity index (χ4v) is 2.42. The van der Waals surface area contributed by atoms with E-state index in [2.05, 4.69) is 22.2 Å². The van der Waals surface area contributed by atoms with Gasteiger partial charge >= 0.3 is 5.97 Å². The summed E-state index contributed by atoms with van der Waals surface area (Å²) in [5.41, 5.74) is 0.964. The lowest BCUT2D eigenvalue weighted by Gasteiger charge is -2.12. The second kappa shape index (κ2) is 6.50. The maximum absolute atomic E-state index is 11.6. The van der Waals surface area contributed by atoms with Crippen LogP contribution in [0.1, 0.15) is 61.3 Å². The smallest absolute Gasteiger partial charge is 0.376 e. The fraction of sp³-hybridized carbons (Fsp3) is 0.643. The Morgan fingerprint density at radius 1 is 1.42 bits per heavy atom. The molecular weight excluding hydrogens is 242 g/mol. The summed E-state index contributed by atoms with van der Waals surface area (Å²) in [4.78, 5) is 20.2. The Bertz CT molecular complexity index is 442. The Morgan fingerprint density at radius 3 is 2.79 bits per heavy atom. The molecule has 0 atom stereocenters. The van der Waals surface area contributed by atoms with Gasteiger partial charge in [0.25, 0.3) is 0 Å². The van der Waals surface area contributed by atoms with Crippen molar-refractivity contribution in [3.05, 3.63) is 17.6 Å². The predicted molar refractivity (Wildman–Crippen MR) is 73.4 cm³/mol. The lowest BCUT2D eigenvalue weighted by Crippen LogP contribution is -2.13. The first-order valence-corrected chi connectivity index (χ1v) is 6.95. The first-order valence-electron chi connectivity index (χ1n) is 6.95. The van der Waals surface area contributed by atoms with Gasteiger partial charge in [0.05, 0.1) is 7.11 Å². The molecule has 0 aliphatic heterocycles. The molecule has 0 aromatic carbocycles. The van der Waals surface area contributed by atoms with Gasteiger partial charge in [0, 0.05) is 24.2 Å². The monoisotopic (exact) mass is 263 g/mol. The molecule has 1 N–H and O–H groups in total. The quantitative estimate of drug-likeness (QED) is 0.827. The van der Waals surface area contributed by atoms with Gasteiger partial charge in [-0.1, -0.05) is 19.8 Å². The number of aromatic nitrogens is 2. The molecule has 1 heterocycles. The highest BCUT2D eigenvalue weighted by Gasteiger charge is 2.21. The Kier molecular flexibility index (Phi) is 4.71. The summed E-state index contributed by atoms with van der Waals surface area (Å²) in [5, 5.41) is 3.22. The van der Waals surface area contributed by atoms with Gasteiger partial charge in [-0.15, -0.1) is 0 Å². The zero-order chi connectivity index (χ0) is 13.7. The number of hydrogen-bond donors (Lipinski definition) is 1. The van der Waals surface area contributed by atoms with Crippen LogP contribution in [0.4, 0.5) is 5.82 Å². The third-order valence-corrected chi connectivity index (χ3v) is 3.44. The fourth-order valence-electron chi connectivity index (χ4n) is 2.42. The molecule has 0 unspecified atom stereocenters. The minimum Gasteiger partial charge on any atom is -0.463 e. The first-order chi connectivity index (χ1) is 9.24. The normalized spacial score (nSPS) is 15.5. The van der Waals surface area contributed by atoms with Gasteiger partial charge in [-0.25, -0.2) is 14.8 Å². The molecule has 1 saturated carbocycles. The third kappa shape index (κ3) is 3.43. The van der Waals surface area contributed by atoms with Crippen molar-refractivity contribution in [3.63, 3.8) is 0 Å². The molecule has 0 amide bonds. The van der Waals surface area contributed by atoms with Gasteiger partial charge in [-0.05, 0) is 19.3 Å². The number of nitrogens with zero attached hydrogens (tertiary/aromatic N) is 2. The molecule has 0 radical (unpaired) electrons. The van der Waals surface area contributed by atoms with E-state index in [1.807, 2.05) is 6.07 Å². The summed E-state index contributed by atoms with van der Waals surface area (Å²) in [6.45, 7) is 2.93. The van der Waals surface area contributed by atoms with Crippen LogP contribution in [0.2, 0.25) is 0 Å². The average molecular weight is 263 g/mol. The van der Waals surface area contributed by atoms with Crippen LogP contribution in [0.5, 0.6) is 0 Å². The molecule has 2 rings (SSSR count). The molecule has 1 aliphatic rings. The number of ether oxygens (including phenoxy) is 1. The number of methoxy groups -OCH3 is 1. The summed E-state index contributed by atoms with van der Waals surface area (Å²) in [5.74, 6) is 0.859. The highest BCUT2D eigenvalue weighted by molar-refractivity contribution is 5.85. The molecule has 1 aromatic rings. The lowest BCUT2D eigenvalue weighted by molar-refractivity contribution is 0.0586. The Balaban J connectivity index is 2.27. The molecule has 0 saturated heterocycles. The maximum Gasteiger partial charge on any atom is 0.376 e. The zero-order valence-corrected chi connectivity index (χ0v) is 11.6. The van der Waals surface area contributed by atoms with Crippen molar-refractivity contribution in [2.75, 3.05) is 19.0 Å². The highest BCUT2D eigenvalue weighted by atomic mass is 16.5. The Hall–Kier alpha value is -1.65. The topological polar surface area (TPSA) is 64.1 Å². The SMILES string of the molecule is CCCNc1cc(C2CCCC2)nc(C(=O)OC)n1. The molecule has 19 heavy (non-hydrogen) atoms. The number of nitrogens with one attached hydrogen (secondary N) is 1. The van der Waals surface area contributed by atoms with E-state index < -0.39 is 5.97 Å². The van der Waals surface area contributed by atoms with Crippen molar-refractivity contribution in [2.45, 2.75) is 44.9 Å². The van der Waals surface area contributed by atoms with Crippen LogP contribution in [0.3, 0.4) is 0 Å². The minimum absolute atomic E-state index is 0.158. The van der Waals surface area contributed by atoms with Crippen LogP contribution < -0.4 is 5.32 Å². The van der Waals surface area contributed by atoms with Crippen LogP contribution in [0, 0.1) is 0 Å². The van der Waals surface area contributed by atoms with Crippen molar-refractivity contribution >= 4 is 11.8 Å². The van der Waals surface area contributed by atoms with E-state index in [1.54, 1.807) is 0 Å². The van der Waals surface area contributed by atoms with Crippen molar-refractivity contribution in [1.82, 2.24) is 9.97 Å². The second-order valence-corrected chi connectivity index (χ2v) is 4.90. The average Bonchev–Trinajstić information content (AvgIpc) is 2.98. The van der Waals surface area contributed by atoms with Crippen molar-refractivity contribution < 1.29 is 9.53 Å². The number of carbonyl (C=O) groups is 1. The molecule has 0 bridgehead atoms. The molecule has 1 aromatic heterocycles. The summed E-state index contributed by atoms with van der Waals surface area (Å²) in [6.07, 6.45) is 5.77. The molecule has 1 aliphatic carbocycles. The predicted octanol–water partition coefficient (Wildman–Crippen LogP) is 2.74. The summed E-state index contributed by atoms with van der Waals surface area (Å²) >= 11 is 0. The standard InChI is InChI=1S/C14H21N3O2/c1-3-8-15-12-9-11(10-6-4-5-7-10)16-13(17-12)14(18)19-2/h9-10H,3-8H2,1-2H3,(H,15,16,17). The zero-order valence-electron chi connectivity index (χ0n) is 11.6. The van der Waals surface area contributed by atoms with Gasteiger partial charge in [0.1, 0.15) is 5.82 Å². The summed E-state index contributed by atoms with van der Waals surface area (Å²) in [6, 6.07) is 1.97. The van der Waals surface area contributed by atoms with Crippen molar-refractivity contribution in [2.24, 2.45) is 0 Å². The van der Waals surface area contributed by atoms with E-state index >= 15 is 0 Å². The van der Waals surface area contributed by atoms with Gasteiger partial charge < -0.3 is 10.1 Å². The lowest BCUT2D eigenvalue weighted by atomic mass is 10.0. The maximum atomic E-state index is 11.6. The highest BCUT2D eigenvalue weighted by Crippen LogP contribution is 2.33. The molecule has 0 spiro atoms. The summed E-state index contributed by atoms with van der Waals surface area (Å²) in [7, 11) is 1.35. The van der Waals surface area contributed by atoms with Crippen LogP contribution in [-0.2, 0) is 4.74 Å². The van der Waals surface area contributed by atoms with E-state index in [-0.39, 0.29) is 5.82 Å². The molecular formula is C14H21N3O2. The third-order valence-electron chi connectivity index (χ3n) is 3.44. The molecule has 5 nitrogen and oxygen atoms in total. The van der Waals surface area contributed by atoms with Crippen molar-refractivity contribution in [1.29, 1.82) is 0 Å². The minimum atomic E-state index is -0.473. The van der Waals surface area contributed by atoms with Gasteiger partial charge in [-0.3, -0.25) is 0 Å². The number of hydrogen-bond acceptors (Lipinski definition) is 5. The van der Waals surface area contributed by atoms with Crippen molar-refractivity contribution in [3.8, 4) is 0 Å². The Morgan fingerprint density at radius 2 is 2.16 bits per heavy atom. The van der Waals surface area contributed by atoms with Crippen LogP contribution in [-0.4, -0.2) is 29.6 Å². The van der Waals surface area contributed by atoms with Gasteiger partial charge in [-0.2, -0.15) is 0 Å². The van der Waals surface area contributed by atoms with Crippen LogP contribution in [0.25, 0.3) is 0 Å². The van der Waals surface area contributed by atoms with E-state index in [0.717, 1.165) is 37.3 Å². The van der Waals surface area contributed by atoms with Crippen LogP contribution >= 0.6 is 0 Å². The number of carbonyl (C=O) groups excluding carboxylic acids is 1. The van der Waals surface area contributed by atoms with E-state index in [4.69, 9.17) is 4.74 Å². The van der Waals surface area contributed by atoms with Gasteiger partial charge in [0.2, 0.25) is 5.82 Å². The van der Waals surface area contributed by atoms with Crippen LogP contribution in [0.15, 0.2) is 6.07 Å². The largest absolute Gasteiger partial charge is 0.463 e. The molecule has 5 heteroatoms. The number of esters is 1. The Labute approximate surface area is 113 Å². The van der Waals surface area contributed by atoms with E-state index in [0.29, 0.717) is 5.92 Å². The number of anilines is 1. The second-order valence-electron chi connectivity index (χ2n) is 4.90.